The van der Waals surface area contributed by atoms with Gasteiger partial charge in [-0.15, -0.1) is 0 Å². The van der Waals surface area contributed by atoms with E-state index in [-0.39, 0.29) is 0 Å². The Balaban J connectivity index is 3.55. The Morgan fingerprint density at radius 3 is 2.12 bits per heavy atom. The molecule has 0 aliphatic carbocycles. The molecule has 8 heavy (non-hydrogen) atoms. The van der Waals surface area contributed by atoms with Crippen LogP contribution in [0.2, 0.25) is 0 Å². The van der Waals surface area contributed by atoms with Gasteiger partial charge < -0.3 is 9.66 Å². The minimum atomic E-state index is -2.39. The second kappa shape index (κ2) is 2.54. The third-order valence-electron chi connectivity index (χ3n) is 0.333. The van der Waals surface area contributed by atoms with E-state index in [0.29, 0.717) is 0 Å². The summed E-state index contributed by atoms with van der Waals surface area (Å²) in [6.07, 6.45) is 0. The van der Waals surface area contributed by atoms with Gasteiger partial charge in [-0.3, -0.25) is 4.21 Å². The maximum absolute atomic E-state index is 9.74. The van der Waals surface area contributed by atoms with E-state index < -0.39 is 17.0 Å². The zero-order valence-electron chi connectivity index (χ0n) is 4.67. The van der Waals surface area contributed by atoms with Gasteiger partial charge in [0.2, 0.25) is 0 Å². The lowest BCUT2D eigenvalue weighted by Gasteiger charge is -2.19. The van der Waals surface area contributed by atoms with Crippen LogP contribution in [0, 0.1) is 0 Å². The summed E-state index contributed by atoms with van der Waals surface area (Å²) in [5, 5.41) is 8.68. The van der Waals surface area contributed by atoms with E-state index in [4.69, 9.17) is 5.11 Å². The first-order valence-electron chi connectivity index (χ1n) is 2.01. The number of nitrogens with one attached hydrogen (secondary N) is 1. The van der Waals surface area contributed by atoms with Crippen LogP contribution in [0.25, 0.3) is 0 Å². The molecule has 0 spiro atoms. The lowest BCUT2D eigenvalue weighted by atomic mass is 10.4. The van der Waals surface area contributed by atoms with Gasteiger partial charge in [0.15, 0.2) is 0 Å². The third kappa shape index (κ3) is 6.03. The molecule has 0 rings (SSSR count). The van der Waals surface area contributed by atoms with E-state index in [9.17, 15) is 8.76 Å². The Kier molecular flexibility index (Phi) is 2.55. The average Bonchev–Trinajstić information content (AvgIpc) is 1.21. The Bertz CT molecular complexity index is 97.2. The normalized spacial score (nSPS) is 16.0. The third-order valence-corrected chi connectivity index (χ3v) is 0.999. The second-order valence-electron chi connectivity index (χ2n) is 1.90. The van der Waals surface area contributed by atoms with E-state index in [2.05, 4.69) is 0 Å². The maximum atomic E-state index is 9.74. The maximum Gasteiger partial charge on any atom is 0.120 e. The van der Waals surface area contributed by atoms with Crippen LogP contribution in [-0.4, -0.2) is 19.6 Å². The first kappa shape index (κ1) is 8.03. The van der Waals surface area contributed by atoms with Crippen LogP contribution < -0.4 is 4.72 Å². The Labute approximate surface area is 50.3 Å². The average molecular weight is 138 g/mol. The van der Waals surface area contributed by atoms with E-state index >= 15 is 0 Å². The van der Waals surface area contributed by atoms with Crippen molar-refractivity contribution in [3.63, 3.8) is 0 Å². The Morgan fingerprint density at radius 2 is 2.12 bits per heavy atom. The van der Waals surface area contributed by atoms with Gasteiger partial charge in [0.25, 0.3) is 0 Å². The van der Waals surface area contributed by atoms with Crippen LogP contribution in [0.15, 0.2) is 0 Å². The molecule has 0 aliphatic rings. The highest BCUT2D eigenvalue weighted by Crippen LogP contribution is 1.92. The van der Waals surface area contributed by atoms with Crippen molar-refractivity contribution >= 4 is 11.3 Å². The summed E-state index contributed by atoms with van der Waals surface area (Å²) in [6, 6.07) is 0. The summed E-state index contributed by atoms with van der Waals surface area (Å²) in [4.78, 5) is 0. The fourth-order valence-electron chi connectivity index (χ4n) is 0.204. The zero-order chi connectivity index (χ0) is 6.78. The lowest BCUT2D eigenvalue weighted by Crippen LogP contribution is -2.39. The lowest BCUT2D eigenvalue weighted by molar-refractivity contribution is 0.0683. The molecule has 0 saturated carbocycles. The summed E-state index contributed by atoms with van der Waals surface area (Å²) >= 11 is -2.39. The van der Waals surface area contributed by atoms with Crippen molar-refractivity contribution in [1.29, 1.82) is 0 Å². The monoisotopic (exact) mass is 138 g/mol. The van der Waals surface area contributed by atoms with Crippen LogP contribution >= 0.6 is 0 Å². The number of hydrogen-bond donors (Lipinski definition) is 2. The van der Waals surface area contributed by atoms with Crippen molar-refractivity contribution in [1.82, 2.24) is 4.72 Å². The second-order valence-corrected chi connectivity index (χ2v) is 2.57. The summed E-state index contributed by atoms with van der Waals surface area (Å²) in [5.41, 5.74) is -1.34. The molecule has 2 N–H and O–H groups in total. The largest absolute Gasteiger partial charge is 0.760 e. The van der Waals surface area contributed by atoms with Crippen LogP contribution in [0.1, 0.15) is 13.8 Å². The molecular weight excluding hydrogens is 130 g/mol. The van der Waals surface area contributed by atoms with E-state index in [1.54, 1.807) is 0 Å². The highest BCUT2D eigenvalue weighted by Gasteiger charge is 2.09. The van der Waals surface area contributed by atoms with Gasteiger partial charge in [-0.2, -0.15) is 0 Å². The molecule has 0 aromatic heterocycles. The molecule has 0 amide bonds. The molecule has 0 radical (unpaired) electrons. The van der Waals surface area contributed by atoms with Gasteiger partial charge in [0.1, 0.15) is 5.72 Å². The van der Waals surface area contributed by atoms with Crippen molar-refractivity contribution in [2.45, 2.75) is 19.6 Å². The Morgan fingerprint density at radius 1 is 1.75 bits per heavy atom. The minimum absolute atomic E-state index is 1.34. The van der Waals surface area contributed by atoms with E-state index in [0.717, 1.165) is 0 Å². The molecule has 0 aromatic carbocycles. The summed E-state index contributed by atoms with van der Waals surface area (Å²) < 4.78 is 21.3. The van der Waals surface area contributed by atoms with Crippen LogP contribution in [0.5, 0.6) is 0 Å². The molecule has 1 unspecified atom stereocenters. The standard InChI is InChI=1S/C3H9NO3S/c1-3(2,5)4-8(6)7/h4-5H,1-2H3,(H,6,7)/p-1. The quantitative estimate of drug-likeness (QED) is 0.383. The molecule has 0 saturated heterocycles. The SMILES string of the molecule is CC(C)(O)NS(=O)[O-]. The summed E-state index contributed by atoms with van der Waals surface area (Å²) in [5.74, 6) is 0. The fourth-order valence-corrected chi connectivity index (χ4v) is 0.612. The highest BCUT2D eigenvalue weighted by molar-refractivity contribution is 7.77. The topological polar surface area (TPSA) is 72.4 Å². The highest BCUT2D eigenvalue weighted by atomic mass is 32.2. The van der Waals surface area contributed by atoms with Gasteiger partial charge in [-0.1, -0.05) is 0 Å². The molecule has 50 valence electrons. The van der Waals surface area contributed by atoms with Crippen molar-refractivity contribution in [3.8, 4) is 0 Å². The molecule has 4 nitrogen and oxygen atoms in total. The van der Waals surface area contributed by atoms with Gasteiger partial charge in [0, 0.05) is 11.3 Å². The van der Waals surface area contributed by atoms with E-state index in [1.807, 2.05) is 4.72 Å². The number of rotatable bonds is 2. The van der Waals surface area contributed by atoms with Crippen LogP contribution in [0.3, 0.4) is 0 Å². The van der Waals surface area contributed by atoms with Gasteiger partial charge >= 0.3 is 0 Å². The first-order chi connectivity index (χ1) is 3.42. The van der Waals surface area contributed by atoms with Gasteiger partial charge in [-0.05, 0) is 13.8 Å². The molecule has 0 heterocycles. The summed E-state index contributed by atoms with van der Waals surface area (Å²) in [6.45, 7) is 2.67. The fraction of sp³-hybridized carbons (Fsp3) is 1.00. The molecule has 0 bridgehead atoms. The van der Waals surface area contributed by atoms with Crippen LogP contribution in [0.4, 0.5) is 0 Å². The predicted molar refractivity (Wildman–Crippen MR) is 28.4 cm³/mol. The molecular formula is C3H8NO3S-. The molecule has 0 aliphatic heterocycles. The minimum Gasteiger partial charge on any atom is -0.760 e. The van der Waals surface area contributed by atoms with Crippen molar-refractivity contribution in [2.75, 3.05) is 0 Å². The first-order valence-corrected chi connectivity index (χ1v) is 3.09. The zero-order valence-corrected chi connectivity index (χ0v) is 5.49. The smallest absolute Gasteiger partial charge is 0.120 e. The number of aliphatic hydroxyl groups is 1. The van der Waals surface area contributed by atoms with E-state index in [1.165, 1.54) is 13.8 Å². The molecule has 1 atom stereocenters. The van der Waals surface area contributed by atoms with Crippen molar-refractivity contribution < 1.29 is 13.9 Å². The summed E-state index contributed by atoms with van der Waals surface area (Å²) in [7, 11) is 0. The Hall–Kier alpha value is 0.0300. The number of hydrogen-bond acceptors (Lipinski definition) is 3. The van der Waals surface area contributed by atoms with Gasteiger partial charge in [0.05, 0.1) is 0 Å². The van der Waals surface area contributed by atoms with Gasteiger partial charge in [-0.25, -0.2) is 4.72 Å². The predicted octanol–water partition coefficient (Wildman–Crippen LogP) is -0.901. The molecule has 0 fully saturated rings. The molecule has 0 aromatic rings. The van der Waals surface area contributed by atoms with Crippen LogP contribution in [-0.2, 0) is 11.3 Å². The molecule has 5 heteroatoms. The van der Waals surface area contributed by atoms with Crippen molar-refractivity contribution in [2.24, 2.45) is 0 Å². The van der Waals surface area contributed by atoms with Crippen molar-refractivity contribution in [3.05, 3.63) is 0 Å².